The fraction of sp³-hybridized carbons (Fsp3) is 0.286. The van der Waals surface area contributed by atoms with Gasteiger partial charge in [-0.05, 0) is 25.0 Å². The van der Waals surface area contributed by atoms with E-state index in [4.69, 9.17) is 23.2 Å². The van der Waals surface area contributed by atoms with Crippen LogP contribution in [0.1, 0.15) is 18.4 Å². The second-order valence-electron chi connectivity index (χ2n) is 4.86. The largest absolute Gasteiger partial charge is 0.381 e. The summed E-state index contributed by atoms with van der Waals surface area (Å²) in [5.41, 5.74) is 1.29. The minimum Gasteiger partial charge on any atom is -0.381 e. The van der Waals surface area contributed by atoms with Gasteiger partial charge in [-0.1, -0.05) is 29.3 Å². The predicted molar refractivity (Wildman–Crippen MR) is 80.7 cm³/mol. The van der Waals surface area contributed by atoms with Crippen LogP contribution in [0, 0.1) is 0 Å². The maximum absolute atomic E-state index is 12.0. The van der Waals surface area contributed by atoms with Gasteiger partial charge in [-0.2, -0.15) is 5.10 Å². The number of benzene rings is 1. The molecule has 2 aromatic rings. The Balaban J connectivity index is 1.85. The Labute approximate surface area is 126 Å². The summed E-state index contributed by atoms with van der Waals surface area (Å²) in [5.74, 6) is 0. The summed E-state index contributed by atoms with van der Waals surface area (Å²) in [5, 5.41) is 8.47. The van der Waals surface area contributed by atoms with Crippen LogP contribution in [0.4, 0.5) is 5.69 Å². The Morgan fingerprint density at radius 1 is 1.30 bits per heavy atom. The van der Waals surface area contributed by atoms with Crippen molar-refractivity contribution in [2.24, 2.45) is 0 Å². The molecule has 1 fully saturated rings. The predicted octanol–water partition coefficient (Wildman–Crippen LogP) is 3.17. The van der Waals surface area contributed by atoms with Crippen LogP contribution in [0.3, 0.4) is 0 Å². The standard InChI is InChI=1S/C14H13Cl2N3O/c15-12-2-1-3-13(16)11(12)8-19-14(20)6-10(7-17-19)18-9-4-5-9/h1-3,6-7,9,18H,4-5,8H2. The van der Waals surface area contributed by atoms with Gasteiger partial charge in [-0.3, -0.25) is 4.79 Å². The summed E-state index contributed by atoms with van der Waals surface area (Å²) in [6.07, 6.45) is 3.96. The second-order valence-corrected chi connectivity index (χ2v) is 5.67. The highest BCUT2D eigenvalue weighted by Gasteiger charge is 2.21. The zero-order valence-electron chi connectivity index (χ0n) is 10.6. The Morgan fingerprint density at radius 2 is 2.00 bits per heavy atom. The molecule has 0 saturated heterocycles. The van der Waals surface area contributed by atoms with Gasteiger partial charge in [0.15, 0.2) is 0 Å². The zero-order chi connectivity index (χ0) is 14.1. The molecule has 0 spiro atoms. The first kappa shape index (κ1) is 13.5. The maximum atomic E-state index is 12.0. The van der Waals surface area contributed by atoms with E-state index in [-0.39, 0.29) is 12.1 Å². The third kappa shape index (κ3) is 2.97. The molecule has 0 unspecified atom stereocenters. The molecule has 0 bridgehead atoms. The average molecular weight is 310 g/mol. The van der Waals surface area contributed by atoms with E-state index in [0.29, 0.717) is 21.7 Å². The van der Waals surface area contributed by atoms with Gasteiger partial charge >= 0.3 is 0 Å². The normalized spacial score (nSPS) is 14.3. The SMILES string of the molecule is O=c1cc(NC2CC2)cnn1Cc1c(Cl)cccc1Cl. The average Bonchev–Trinajstić information content (AvgIpc) is 3.20. The first-order valence-corrected chi connectivity index (χ1v) is 7.15. The number of nitrogens with zero attached hydrogens (tertiary/aromatic N) is 2. The smallest absolute Gasteiger partial charge is 0.269 e. The van der Waals surface area contributed by atoms with Gasteiger partial charge in [0.1, 0.15) is 0 Å². The Morgan fingerprint density at radius 3 is 2.60 bits per heavy atom. The van der Waals surface area contributed by atoms with Gasteiger partial charge < -0.3 is 5.32 Å². The molecular formula is C14H13Cl2N3O. The van der Waals surface area contributed by atoms with Gasteiger partial charge in [-0.15, -0.1) is 0 Å². The van der Waals surface area contributed by atoms with E-state index in [1.54, 1.807) is 30.5 Å². The number of hydrogen-bond acceptors (Lipinski definition) is 3. The first-order chi connectivity index (χ1) is 9.63. The third-order valence-electron chi connectivity index (χ3n) is 3.19. The molecular weight excluding hydrogens is 297 g/mol. The lowest BCUT2D eigenvalue weighted by Gasteiger charge is -2.09. The van der Waals surface area contributed by atoms with Crippen molar-refractivity contribution in [2.75, 3.05) is 5.32 Å². The number of anilines is 1. The molecule has 1 aromatic heterocycles. The van der Waals surface area contributed by atoms with E-state index in [9.17, 15) is 4.79 Å². The Bertz CT molecular complexity index is 675. The molecule has 1 aromatic carbocycles. The highest BCUT2D eigenvalue weighted by molar-refractivity contribution is 6.35. The summed E-state index contributed by atoms with van der Waals surface area (Å²) in [4.78, 5) is 12.0. The lowest BCUT2D eigenvalue weighted by atomic mass is 10.2. The van der Waals surface area contributed by atoms with E-state index in [0.717, 1.165) is 18.5 Å². The van der Waals surface area contributed by atoms with Crippen molar-refractivity contribution in [2.45, 2.75) is 25.4 Å². The summed E-state index contributed by atoms with van der Waals surface area (Å²) in [6.45, 7) is 0.265. The number of hydrogen-bond donors (Lipinski definition) is 1. The van der Waals surface area contributed by atoms with Gasteiger partial charge in [0, 0.05) is 27.7 Å². The molecule has 0 amide bonds. The van der Waals surface area contributed by atoms with Crippen LogP contribution in [0.15, 0.2) is 35.3 Å². The molecule has 1 N–H and O–H groups in total. The first-order valence-electron chi connectivity index (χ1n) is 6.40. The molecule has 1 aliphatic carbocycles. The fourth-order valence-electron chi connectivity index (χ4n) is 1.93. The topological polar surface area (TPSA) is 46.9 Å². The minimum atomic E-state index is -0.174. The Hall–Kier alpha value is -1.52. The van der Waals surface area contributed by atoms with Crippen molar-refractivity contribution < 1.29 is 0 Å². The van der Waals surface area contributed by atoms with Crippen molar-refractivity contribution in [1.29, 1.82) is 0 Å². The molecule has 0 aliphatic heterocycles. The number of nitrogens with one attached hydrogen (secondary N) is 1. The van der Waals surface area contributed by atoms with Crippen LogP contribution < -0.4 is 10.9 Å². The van der Waals surface area contributed by atoms with Crippen molar-refractivity contribution in [3.8, 4) is 0 Å². The molecule has 0 radical (unpaired) electrons. The second kappa shape index (κ2) is 5.46. The third-order valence-corrected chi connectivity index (χ3v) is 3.90. The van der Waals surface area contributed by atoms with Crippen LogP contribution >= 0.6 is 23.2 Å². The number of rotatable bonds is 4. The summed E-state index contributed by atoms with van der Waals surface area (Å²) in [6, 6.07) is 7.31. The number of halogens is 2. The molecule has 3 rings (SSSR count). The van der Waals surface area contributed by atoms with E-state index < -0.39 is 0 Å². The Kier molecular flexibility index (Phi) is 3.68. The van der Waals surface area contributed by atoms with Crippen molar-refractivity contribution in [3.63, 3.8) is 0 Å². The van der Waals surface area contributed by atoms with Crippen LogP contribution in [0.25, 0.3) is 0 Å². The maximum Gasteiger partial charge on any atom is 0.269 e. The monoisotopic (exact) mass is 309 g/mol. The summed E-state index contributed by atoms with van der Waals surface area (Å²) < 4.78 is 1.35. The quantitative estimate of drug-likeness (QED) is 0.943. The molecule has 104 valence electrons. The van der Waals surface area contributed by atoms with E-state index in [1.165, 1.54) is 4.68 Å². The van der Waals surface area contributed by atoms with Crippen LogP contribution in [-0.2, 0) is 6.54 Å². The lowest BCUT2D eigenvalue weighted by Crippen LogP contribution is -2.23. The molecule has 4 nitrogen and oxygen atoms in total. The number of aromatic nitrogens is 2. The summed E-state index contributed by atoms with van der Waals surface area (Å²) >= 11 is 12.2. The van der Waals surface area contributed by atoms with Crippen LogP contribution in [0.2, 0.25) is 10.0 Å². The summed E-state index contributed by atoms with van der Waals surface area (Å²) in [7, 11) is 0. The highest BCUT2D eigenvalue weighted by atomic mass is 35.5. The van der Waals surface area contributed by atoms with Crippen LogP contribution in [-0.4, -0.2) is 15.8 Å². The van der Waals surface area contributed by atoms with E-state index in [2.05, 4.69) is 10.4 Å². The molecule has 1 heterocycles. The van der Waals surface area contributed by atoms with E-state index >= 15 is 0 Å². The molecule has 1 saturated carbocycles. The van der Waals surface area contributed by atoms with Gasteiger partial charge in [0.25, 0.3) is 5.56 Å². The fourth-order valence-corrected chi connectivity index (χ4v) is 2.44. The molecule has 1 aliphatic rings. The van der Waals surface area contributed by atoms with Gasteiger partial charge in [0.2, 0.25) is 0 Å². The minimum absolute atomic E-state index is 0.174. The van der Waals surface area contributed by atoms with E-state index in [1.807, 2.05) is 0 Å². The molecule has 0 atom stereocenters. The molecule has 6 heteroatoms. The van der Waals surface area contributed by atoms with Crippen molar-refractivity contribution in [3.05, 3.63) is 56.4 Å². The van der Waals surface area contributed by atoms with Gasteiger partial charge in [0.05, 0.1) is 18.4 Å². The van der Waals surface area contributed by atoms with Crippen LogP contribution in [0.5, 0.6) is 0 Å². The van der Waals surface area contributed by atoms with Crippen molar-refractivity contribution in [1.82, 2.24) is 9.78 Å². The highest BCUT2D eigenvalue weighted by Crippen LogP contribution is 2.25. The zero-order valence-corrected chi connectivity index (χ0v) is 12.2. The van der Waals surface area contributed by atoms with Gasteiger partial charge in [-0.25, -0.2) is 4.68 Å². The molecule has 20 heavy (non-hydrogen) atoms. The lowest BCUT2D eigenvalue weighted by molar-refractivity contribution is 0.639. The van der Waals surface area contributed by atoms with Crippen molar-refractivity contribution >= 4 is 28.9 Å².